The first-order valence-corrected chi connectivity index (χ1v) is 10.1. The van der Waals surface area contributed by atoms with E-state index in [1.807, 2.05) is 0 Å². The lowest BCUT2D eigenvalue weighted by molar-refractivity contribution is -0.153. The molecule has 2 amide bonds. The predicted molar refractivity (Wildman–Crippen MR) is 113 cm³/mol. The molecule has 0 atom stereocenters. The second kappa shape index (κ2) is 11.8. The van der Waals surface area contributed by atoms with Crippen molar-refractivity contribution in [2.24, 2.45) is 0 Å². The van der Waals surface area contributed by atoms with Crippen molar-refractivity contribution in [1.82, 2.24) is 10.9 Å². The summed E-state index contributed by atoms with van der Waals surface area (Å²) in [4.78, 5) is 24.9. The zero-order chi connectivity index (χ0) is 24.4. The maximum absolute atomic E-state index is 12.6. The van der Waals surface area contributed by atoms with Crippen LogP contribution in [0.3, 0.4) is 0 Å². The maximum Gasteiger partial charge on any atom is 0.422 e. The Bertz CT molecular complexity index is 921. The molecule has 33 heavy (non-hydrogen) atoms. The number of carbonyl (C=O) groups is 2. The molecule has 0 saturated carbocycles. The Morgan fingerprint density at radius 1 is 0.758 bits per heavy atom. The Hall–Kier alpha value is -3.63. The molecule has 0 aromatic heterocycles. The van der Waals surface area contributed by atoms with E-state index in [9.17, 15) is 22.8 Å². The quantitative estimate of drug-likeness (QED) is 0.512. The number of carbonyl (C=O) groups excluding carboxylic acids is 2. The van der Waals surface area contributed by atoms with Crippen LogP contribution in [0.25, 0.3) is 0 Å². The molecule has 11 heteroatoms. The van der Waals surface area contributed by atoms with Gasteiger partial charge in [0.2, 0.25) is 5.75 Å². The normalized spacial score (nSPS) is 10.8. The number of hydrogen-bond acceptors (Lipinski definition) is 6. The molecule has 0 heterocycles. The average molecular weight is 470 g/mol. The number of benzene rings is 2. The number of amides is 2. The Balaban J connectivity index is 2.07. The predicted octanol–water partition coefficient (Wildman–Crippen LogP) is 3.90. The van der Waals surface area contributed by atoms with E-state index < -0.39 is 24.6 Å². The SMILES string of the molecule is CCOc1cc(C(=O)NNC(=O)c2ccc(OCC(F)(F)F)cc2)cc(OCC)c1OCC. The van der Waals surface area contributed by atoms with Crippen LogP contribution in [-0.4, -0.2) is 44.4 Å². The molecule has 2 N–H and O–H groups in total. The van der Waals surface area contributed by atoms with Crippen LogP contribution in [0.4, 0.5) is 13.2 Å². The Kier molecular flexibility index (Phi) is 9.19. The highest BCUT2D eigenvalue weighted by Gasteiger charge is 2.28. The molecule has 2 aromatic rings. The number of ether oxygens (including phenoxy) is 4. The van der Waals surface area contributed by atoms with Crippen LogP contribution in [0, 0.1) is 0 Å². The standard InChI is InChI=1S/C22H25F3N2O6/c1-4-30-17-11-15(12-18(31-5-2)19(17)32-6-3)21(29)27-26-20(28)14-7-9-16(10-8-14)33-13-22(23,24)25/h7-12H,4-6,13H2,1-3H3,(H,26,28)(H,27,29). The minimum atomic E-state index is -4.47. The number of hydrogen-bond donors (Lipinski definition) is 2. The summed E-state index contributed by atoms with van der Waals surface area (Å²) < 4.78 is 57.9. The summed E-state index contributed by atoms with van der Waals surface area (Å²) in [6.45, 7) is 4.94. The van der Waals surface area contributed by atoms with Crippen LogP contribution >= 0.6 is 0 Å². The Morgan fingerprint density at radius 3 is 1.70 bits per heavy atom. The van der Waals surface area contributed by atoms with Crippen LogP contribution in [0.1, 0.15) is 41.5 Å². The zero-order valence-electron chi connectivity index (χ0n) is 18.4. The van der Waals surface area contributed by atoms with Crippen LogP contribution < -0.4 is 29.8 Å². The van der Waals surface area contributed by atoms with Crippen molar-refractivity contribution in [1.29, 1.82) is 0 Å². The first-order chi connectivity index (χ1) is 15.7. The highest BCUT2D eigenvalue weighted by Crippen LogP contribution is 2.39. The van der Waals surface area contributed by atoms with E-state index in [2.05, 4.69) is 15.6 Å². The lowest BCUT2D eigenvalue weighted by Crippen LogP contribution is -2.41. The number of nitrogens with one attached hydrogen (secondary N) is 2. The van der Waals surface area contributed by atoms with E-state index in [0.717, 1.165) is 0 Å². The minimum Gasteiger partial charge on any atom is -0.490 e. The third kappa shape index (κ3) is 7.78. The van der Waals surface area contributed by atoms with Gasteiger partial charge in [-0.3, -0.25) is 20.4 Å². The molecule has 0 fully saturated rings. The van der Waals surface area contributed by atoms with E-state index in [0.29, 0.717) is 37.1 Å². The van der Waals surface area contributed by atoms with Gasteiger partial charge in [0.25, 0.3) is 11.8 Å². The average Bonchev–Trinajstić information content (AvgIpc) is 2.78. The molecule has 2 rings (SSSR count). The molecule has 0 aliphatic carbocycles. The second-order valence-electron chi connectivity index (χ2n) is 6.44. The van der Waals surface area contributed by atoms with Crippen molar-refractivity contribution in [2.75, 3.05) is 26.4 Å². The molecule has 180 valence electrons. The molecule has 0 aliphatic rings. The van der Waals surface area contributed by atoms with Gasteiger partial charge in [-0.15, -0.1) is 0 Å². The smallest absolute Gasteiger partial charge is 0.422 e. The van der Waals surface area contributed by atoms with Gasteiger partial charge in [0.05, 0.1) is 19.8 Å². The van der Waals surface area contributed by atoms with Crippen molar-refractivity contribution in [3.8, 4) is 23.0 Å². The van der Waals surface area contributed by atoms with Gasteiger partial charge in [0, 0.05) is 11.1 Å². The molecule has 8 nitrogen and oxygen atoms in total. The summed E-state index contributed by atoms with van der Waals surface area (Å²) in [6.07, 6.45) is -4.47. The molecule has 0 saturated heterocycles. The van der Waals surface area contributed by atoms with E-state index in [1.165, 1.54) is 36.4 Å². The van der Waals surface area contributed by atoms with Crippen molar-refractivity contribution >= 4 is 11.8 Å². The van der Waals surface area contributed by atoms with Gasteiger partial charge < -0.3 is 18.9 Å². The van der Waals surface area contributed by atoms with E-state index in [-0.39, 0.29) is 16.9 Å². The highest BCUT2D eigenvalue weighted by molar-refractivity contribution is 5.99. The van der Waals surface area contributed by atoms with E-state index in [4.69, 9.17) is 14.2 Å². The first-order valence-electron chi connectivity index (χ1n) is 10.1. The molecule has 0 bridgehead atoms. The highest BCUT2D eigenvalue weighted by atomic mass is 19.4. The first kappa shape index (κ1) is 25.6. The molecule has 2 aromatic carbocycles. The molecule has 0 radical (unpaired) electrons. The van der Waals surface area contributed by atoms with Crippen LogP contribution in [-0.2, 0) is 0 Å². The Labute approximate surface area is 188 Å². The van der Waals surface area contributed by atoms with Crippen LogP contribution in [0.5, 0.6) is 23.0 Å². The fraction of sp³-hybridized carbons (Fsp3) is 0.364. The van der Waals surface area contributed by atoms with Crippen molar-refractivity contribution in [3.05, 3.63) is 47.5 Å². The van der Waals surface area contributed by atoms with E-state index in [1.54, 1.807) is 20.8 Å². The number of alkyl halides is 3. The summed E-state index contributed by atoms with van der Waals surface area (Å²) in [7, 11) is 0. The van der Waals surface area contributed by atoms with Gasteiger partial charge in [-0.05, 0) is 57.2 Å². The monoisotopic (exact) mass is 470 g/mol. The molecular formula is C22H25F3N2O6. The summed E-state index contributed by atoms with van der Waals surface area (Å²) >= 11 is 0. The summed E-state index contributed by atoms with van der Waals surface area (Å²) in [5.74, 6) is -0.360. The van der Waals surface area contributed by atoms with Gasteiger partial charge in [0.1, 0.15) is 5.75 Å². The van der Waals surface area contributed by atoms with Gasteiger partial charge in [-0.1, -0.05) is 0 Å². The third-order valence-electron chi connectivity index (χ3n) is 3.98. The number of rotatable bonds is 10. The maximum atomic E-state index is 12.6. The number of halogens is 3. The van der Waals surface area contributed by atoms with E-state index >= 15 is 0 Å². The fourth-order valence-corrected chi connectivity index (χ4v) is 2.65. The van der Waals surface area contributed by atoms with Gasteiger partial charge in [-0.2, -0.15) is 13.2 Å². The third-order valence-corrected chi connectivity index (χ3v) is 3.98. The lowest BCUT2D eigenvalue weighted by Gasteiger charge is -2.17. The summed E-state index contributed by atoms with van der Waals surface area (Å²) in [5, 5.41) is 0. The van der Waals surface area contributed by atoms with Crippen molar-refractivity contribution in [2.45, 2.75) is 26.9 Å². The van der Waals surface area contributed by atoms with Gasteiger partial charge >= 0.3 is 6.18 Å². The van der Waals surface area contributed by atoms with Crippen LogP contribution in [0.15, 0.2) is 36.4 Å². The summed E-state index contributed by atoms with van der Waals surface area (Å²) in [5.41, 5.74) is 4.78. The topological polar surface area (TPSA) is 95.1 Å². The fourth-order valence-electron chi connectivity index (χ4n) is 2.65. The summed E-state index contributed by atoms with van der Waals surface area (Å²) in [6, 6.07) is 7.90. The zero-order valence-corrected chi connectivity index (χ0v) is 18.4. The van der Waals surface area contributed by atoms with Crippen LogP contribution in [0.2, 0.25) is 0 Å². The Morgan fingerprint density at radius 2 is 1.24 bits per heavy atom. The van der Waals surface area contributed by atoms with Crippen molar-refractivity contribution in [3.63, 3.8) is 0 Å². The lowest BCUT2D eigenvalue weighted by atomic mass is 10.1. The molecule has 0 spiro atoms. The van der Waals surface area contributed by atoms with Gasteiger partial charge in [0.15, 0.2) is 18.1 Å². The largest absolute Gasteiger partial charge is 0.490 e. The molecule has 0 aliphatic heterocycles. The number of hydrazine groups is 1. The minimum absolute atomic E-state index is 0.0470. The second-order valence-corrected chi connectivity index (χ2v) is 6.44. The molecule has 0 unspecified atom stereocenters. The molecular weight excluding hydrogens is 445 g/mol. The van der Waals surface area contributed by atoms with Gasteiger partial charge in [-0.25, -0.2) is 0 Å². The van der Waals surface area contributed by atoms with Crippen molar-refractivity contribution < 1.29 is 41.7 Å².